The van der Waals surface area contributed by atoms with Gasteiger partial charge >= 0.3 is 11.9 Å². The minimum atomic E-state index is -0.778. The smallest absolute Gasteiger partial charge is 0.308 e. The Hall–Kier alpha value is -1.14. The van der Waals surface area contributed by atoms with Crippen molar-refractivity contribution in [3.05, 3.63) is 0 Å². The van der Waals surface area contributed by atoms with Gasteiger partial charge in [0.1, 0.15) is 0 Å². The molecule has 0 aromatic rings. The average molecular weight is 264 g/mol. The molecule has 6 heteroatoms. The molecule has 0 aromatic heterocycles. The molecule has 1 atom stereocenters. The number of esters is 1. The van der Waals surface area contributed by atoms with Gasteiger partial charge in [0.25, 0.3) is 0 Å². The highest BCUT2D eigenvalue weighted by Crippen LogP contribution is 2.01. The van der Waals surface area contributed by atoms with Gasteiger partial charge in [0.2, 0.25) is 0 Å². The van der Waals surface area contributed by atoms with E-state index in [9.17, 15) is 9.59 Å². The Morgan fingerprint density at radius 2 is 1.78 bits per heavy atom. The van der Waals surface area contributed by atoms with Gasteiger partial charge in [-0.3, -0.25) is 9.59 Å². The van der Waals surface area contributed by atoms with E-state index in [0.29, 0.717) is 32.7 Å². The van der Waals surface area contributed by atoms with Gasteiger partial charge in [-0.25, -0.2) is 0 Å². The maximum absolute atomic E-state index is 10.5. The fourth-order valence-electron chi connectivity index (χ4n) is 0.983. The molecule has 0 saturated carbocycles. The van der Waals surface area contributed by atoms with Crippen LogP contribution < -0.4 is 0 Å². The lowest BCUT2D eigenvalue weighted by molar-refractivity contribution is -0.144. The van der Waals surface area contributed by atoms with Crippen molar-refractivity contribution >= 4 is 11.9 Å². The van der Waals surface area contributed by atoms with E-state index in [1.54, 1.807) is 14.0 Å². The van der Waals surface area contributed by atoms with Gasteiger partial charge in [-0.05, 0) is 13.3 Å². The van der Waals surface area contributed by atoms with Gasteiger partial charge in [0, 0.05) is 14.2 Å². The first-order chi connectivity index (χ1) is 8.53. The van der Waals surface area contributed by atoms with Gasteiger partial charge in [-0.1, -0.05) is 6.92 Å². The fourth-order valence-corrected chi connectivity index (χ4v) is 0.983. The van der Waals surface area contributed by atoms with Crippen molar-refractivity contribution in [3.8, 4) is 0 Å². The summed E-state index contributed by atoms with van der Waals surface area (Å²) in [5.41, 5.74) is 0. The lowest BCUT2D eigenvalue weighted by Crippen LogP contribution is -2.17. The van der Waals surface area contributed by atoms with Crippen LogP contribution in [0.5, 0.6) is 0 Å². The first-order valence-corrected chi connectivity index (χ1v) is 5.89. The van der Waals surface area contributed by atoms with Gasteiger partial charge in [0.05, 0.1) is 32.2 Å². The van der Waals surface area contributed by atoms with Gasteiger partial charge in [0.15, 0.2) is 0 Å². The van der Waals surface area contributed by atoms with Crippen molar-refractivity contribution in [1.82, 2.24) is 0 Å². The molecule has 1 unspecified atom stereocenters. The Bertz CT molecular complexity index is 215. The summed E-state index contributed by atoms with van der Waals surface area (Å²) in [7, 11) is 3.06. The highest BCUT2D eigenvalue weighted by Gasteiger charge is 2.13. The maximum Gasteiger partial charge on any atom is 0.308 e. The third-order valence-corrected chi connectivity index (χ3v) is 2.03. The van der Waals surface area contributed by atoms with Crippen LogP contribution in [0.4, 0.5) is 0 Å². The zero-order chi connectivity index (χ0) is 14.4. The van der Waals surface area contributed by atoms with Crippen molar-refractivity contribution in [3.63, 3.8) is 0 Å². The van der Waals surface area contributed by atoms with Crippen LogP contribution in [0.15, 0.2) is 0 Å². The van der Waals surface area contributed by atoms with Crippen LogP contribution in [-0.4, -0.2) is 51.1 Å². The van der Waals surface area contributed by atoms with Gasteiger partial charge in [-0.15, -0.1) is 0 Å². The zero-order valence-corrected chi connectivity index (χ0v) is 11.6. The topological polar surface area (TPSA) is 82.1 Å². The van der Waals surface area contributed by atoms with E-state index in [4.69, 9.17) is 5.11 Å². The number of rotatable bonds is 8. The summed E-state index contributed by atoms with van der Waals surface area (Å²) in [4.78, 5) is 20.7. The molecular weight excluding hydrogens is 240 g/mol. The number of carboxylic acids is 1. The SMILES string of the molecule is CCC(COC)C(=O)O.CCOC(=O)CCOC. The summed E-state index contributed by atoms with van der Waals surface area (Å²) in [6.07, 6.45) is 0.980. The second kappa shape index (κ2) is 13.9. The Labute approximate surface area is 108 Å². The van der Waals surface area contributed by atoms with Crippen molar-refractivity contribution in [2.45, 2.75) is 26.7 Å². The van der Waals surface area contributed by atoms with E-state index >= 15 is 0 Å². The highest BCUT2D eigenvalue weighted by molar-refractivity contribution is 5.70. The molecule has 0 aliphatic carbocycles. The zero-order valence-electron chi connectivity index (χ0n) is 11.6. The molecular formula is C12H24O6. The second-order valence-electron chi connectivity index (χ2n) is 3.45. The highest BCUT2D eigenvalue weighted by atomic mass is 16.5. The molecule has 0 radical (unpaired) electrons. The van der Waals surface area contributed by atoms with Crippen LogP contribution in [0.25, 0.3) is 0 Å². The predicted molar refractivity (Wildman–Crippen MR) is 66.4 cm³/mol. The molecule has 0 bridgehead atoms. The van der Waals surface area contributed by atoms with E-state index in [2.05, 4.69) is 14.2 Å². The molecule has 1 N–H and O–H groups in total. The molecule has 18 heavy (non-hydrogen) atoms. The molecule has 0 fully saturated rings. The van der Waals surface area contributed by atoms with Crippen molar-refractivity contribution < 1.29 is 28.9 Å². The van der Waals surface area contributed by atoms with Gasteiger partial charge in [-0.2, -0.15) is 0 Å². The molecule has 0 aliphatic heterocycles. The maximum atomic E-state index is 10.5. The van der Waals surface area contributed by atoms with E-state index in [0.717, 1.165) is 0 Å². The molecule has 0 heterocycles. The summed E-state index contributed by atoms with van der Waals surface area (Å²) in [6.45, 7) is 4.82. The number of carbonyl (C=O) groups excluding carboxylic acids is 1. The molecule has 0 saturated heterocycles. The molecule has 0 aliphatic rings. The van der Waals surface area contributed by atoms with Crippen LogP contribution in [-0.2, 0) is 23.8 Å². The van der Waals surface area contributed by atoms with Crippen molar-refractivity contribution in [1.29, 1.82) is 0 Å². The number of ether oxygens (including phenoxy) is 3. The Balaban J connectivity index is 0. The molecule has 0 spiro atoms. The van der Waals surface area contributed by atoms with E-state index in [1.165, 1.54) is 7.11 Å². The van der Waals surface area contributed by atoms with Crippen LogP contribution in [0.1, 0.15) is 26.7 Å². The summed E-state index contributed by atoms with van der Waals surface area (Å²) >= 11 is 0. The summed E-state index contributed by atoms with van der Waals surface area (Å²) in [5, 5.41) is 8.42. The summed E-state index contributed by atoms with van der Waals surface area (Å²) in [5.74, 6) is -1.31. The molecule has 108 valence electrons. The van der Waals surface area contributed by atoms with Crippen LogP contribution >= 0.6 is 0 Å². The minimum Gasteiger partial charge on any atom is -0.481 e. The first-order valence-electron chi connectivity index (χ1n) is 5.89. The lowest BCUT2D eigenvalue weighted by Gasteiger charge is -2.05. The summed E-state index contributed by atoms with van der Waals surface area (Å²) in [6, 6.07) is 0. The van der Waals surface area contributed by atoms with Gasteiger partial charge < -0.3 is 19.3 Å². The normalized spacial score (nSPS) is 11.1. The number of methoxy groups -OCH3 is 2. The Morgan fingerprint density at radius 1 is 1.17 bits per heavy atom. The van der Waals surface area contributed by atoms with E-state index < -0.39 is 5.97 Å². The Kier molecular flexibility index (Phi) is 14.9. The van der Waals surface area contributed by atoms with Crippen molar-refractivity contribution in [2.24, 2.45) is 5.92 Å². The second-order valence-corrected chi connectivity index (χ2v) is 3.45. The standard InChI is InChI=1S/2C6H12O3/c1-3-9-6(7)4-5-8-2;1-3-5(4-9-2)6(7)8/h3-5H2,1-2H3;5H,3-4H2,1-2H3,(H,7,8). The number of hydrogen-bond donors (Lipinski definition) is 1. The lowest BCUT2D eigenvalue weighted by atomic mass is 10.1. The third-order valence-electron chi connectivity index (χ3n) is 2.03. The predicted octanol–water partition coefficient (Wildman–Crippen LogP) is 1.33. The Morgan fingerprint density at radius 3 is 2.06 bits per heavy atom. The number of carboxylic acid groups (broad SMARTS) is 1. The number of aliphatic carboxylic acids is 1. The molecule has 6 nitrogen and oxygen atoms in total. The molecule has 0 rings (SSSR count). The van der Waals surface area contributed by atoms with Crippen molar-refractivity contribution in [2.75, 3.05) is 34.0 Å². The monoisotopic (exact) mass is 264 g/mol. The van der Waals surface area contributed by atoms with Crippen LogP contribution in [0.3, 0.4) is 0 Å². The minimum absolute atomic E-state index is 0.195. The quantitative estimate of drug-likeness (QED) is 0.666. The van der Waals surface area contributed by atoms with Crippen LogP contribution in [0.2, 0.25) is 0 Å². The van der Waals surface area contributed by atoms with E-state index in [-0.39, 0.29) is 11.9 Å². The molecule has 0 amide bonds. The fraction of sp³-hybridized carbons (Fsp3) is 0.833. The summed E-state index contributed by atoms with van der Waals surface area (Å²) < 4.78 is 14.0. The largest absolute Gasteiger partial charge is 0.481 e. The van der Waals surface area contributed by atoms with E-state index in [1.807, 2.05) is 6.92 Å². The average Bonchev–Trinajstić information content (AvgIpc) is 2.34. The van der Waals surface area contributed by atoms with Crippen LogP contribution in [0, 0.1) is 5.92 Å². The third kappa shape index (κ3) is 12.9. The number of carbonyl (C=O) groups is 2. The molecule has 0 aromatic carbocycles. The first kappa shape index (κ1) is 19.2. The number of hydrogen-bond acceptors (Lipinski definition) is 5.